The topological polar surface area (TPSA) is 83.6 Å². The number of anilines is 1. The zero-order valence-corrected chi connectivity index (χ0v) is 20.7. The smallest absolute Gasteiger partial charge is 0.274 e. The number of nitrogens with zero attached hydrogens (tertiary/aromatic N) is 2. The van der Waals surface area contributed by atoms with Crippen LogP contribution in [0.2, 0.25) is 0 Å². The van der Waals surface area contributed by atoms with Crippen LogP contribution in [0.4, 0.5) is 5.69 Å². The highest BCUT2D eigenvalue weighted by Crippen LogP contribution is 2.49. The van der Waals surface area contributed by atoms with Crippen LogP contribution in [0.5, 0.6) is 5.75 Å². The summed E-state index contributed by atoms with van der Waals surface area (Å²) in [4.78, 5) is 34.5. The van der Waals surface area contributed by atoms with Gasteiger partial charge < -0.3 is 20.3 Å². The second-order valence-corrected chi connectivity index (χ2v) is 10.8. The van der Waals surface area contributed by atoms with Crippen molar-refractivity contribution in [3.8, 4) is 16.2 Å². The first-order valence-electron chi connectivity index (χ1n) is 12.1. The van der Waals surface area contributed by atoms with Crippen molar-refractivity contribution in [3.05, 3.63) is 64.3 Å². The van der Waals surface area contributed by atoms with Gasteiger partial charge in [-0.15, -0.1) is 11.3 Å². The molecule has 3 aliphatic rings. The lowest BCUT2D eigenvalue weighted by molar-refractivity contribution is 0.0684. The van der Waals surface area contributed by atoms with E-state index in [1.807, 2.05) is 36.1 Å². The van der Waals surface area contributed by atoms with Crippen molar-refractivity contribution in [1.29, 1.82) is 0 Å². The molecule has 35 heavy (non-hydrogen) atoms. The summed E-state index contributed by atoms with van der Waals surface area (Å²) in [6, 6.07) is 13.9. The lowest BCUT2D eigenvalue weighted by atomic mass is 10.1. The van der Waals surface area contributed by atoms with Gasteiger partial charge in [-0.2, -0.15) is 0 Å². The largest absolute Gasteiger partial charge is 0.490 e. The Labute approximate surface area is 208 Å². The molecule has 180 valence electrons. The maximum absolute atomic E-state index is 13.8. The molecule has 8 heteroatoms. The fraction of sp³-hybridized carbons (Fsp3) is 0.370. The molecule has 2 aromatic carbocycles. The van der Waals surface area contributed by atoms with E-state index in [1.54, 1.807) is 17.4 Å². The number of aromatic nitrogens is 1. The molecule has 0 radical (unpaired) electrons. The molecule has 0 spiro atoms. The number of hydrogen-bond donors (Lipinski definition) is 2. The number of likely N-dealkylation sites (tertiary alicyclic amines) is 1. The predicted molar refractivity (Wildman–Crippen MR) is 136 cm³/mol. The molecule has 1 aromatic heterocycles. The standard InChI is InChI=1S/C27H28N4O3S/c1-15-5-3-6-17(11-15)25-24(30-16(2)35-25)27(33)31-19(12-18-13-21(18)31)14-29-26(32)20-7-4-8-22-23(20)28-9-10-34-22/h3-8,11,18-19,21,28H,9-10,12-14H2,1-2H3,(H,29,32)/t18-,19+,21+/m1/s1. The zero-order chi connectivity index (χ0) is 24.1. The number of fused-ring (bicyclic) bond motifs is 2. The van der Waals surface area contributed by atoms with Crippen LogP contribution in [0.25, 0.3) is 10.4 Å². The van der Waals surface area contributed by atoms with Gasteiger partial charge in [0.15, 0.2) is 0 Å². The maximum atomic E-state index is 13.8. The quantitative estimate of drug-likeness (QED) is 0.561. The van der Waals surface area contributed by atoms with Crippen LogP contribution in [-0.4, -0.2) is 53.5 Å². The summed E-state index contributed by atoms with van der Waals surface area (Å²) in [6.07, 6.45) is 1.94. The number of thiazole rings is 1. The molecule has 2 aliphatic heterocycles. The zero-order valence-electron chi connectivity index (χ0n) is 19.8. The number of carbonyl (C=O) groups is 2. The van der Waals surface area contributed by atoms with Gasteiger partial charge in [-0.25, -0.2) is 4.98 Å². The molecule has 6 rings (SSSR count). The van der Waals surface area contributed by atoms with Crippen molar-refractivity contribution < 1.29 is 14.3 Å². The number of hydrogen-bond acceptors (Lipinski definition) is 6. The molecule has 3 heterocycles. The highest BCUT2D eigenvalue weighted by molar-refractivity contribution is 7.15. The number of aryl methyl sites for hydroxylation is 2. The molecule has 1 saturated heterocycles. The maximum Gasteiger partial charge on any atom is 0.274 e. The Hall–Kier alpha value is -3.39. The minimum Gasteiger partial charge on any atom is -0.490 e. The third-order valence-electron chi connectivity index (χ3n) is 7.09. The summed E-state index contributed by atoms with van der Waals surface area (Å²) in [5, 5.41) is 7.23. The van der Waals surface area contributed by atoms with Crippen LogP contribution < -0.4 is 15.4 Å². The van der Waals surface area contributed by atoms with Gasteiger partial charge in [-0.3, -0.25) is 9.59 Å². The minimum atomic E-state index is -0.155. The molecule has 1 saturated carbocycles. The second kappa shape index (κ2) is 8.68. The highest BCUT2D eigenvalue weighted by atomic mass is 32.1. The number of rotatable bonds is 5. The Bertz CT molecular complexity index is 1320. The lowest BCUT2D eigenvalue weighted by Crippen LogP contribution is -2.45. The molecule has 1 aliphatic carbocycles. The molecule has 2 amide bonds. The van der Waals surface area contributed by atoms with Crippen LogP contribution in [0.1, 0.15) is 44.3 Å². The molecule has 2 fully saturated rings. The third kappa shape index (κ3) is 4.05. The summed E-state index contributed by atoms with van der Waals surface area (Å²) >= 11 is 1.56. The fourth-order valence-corrected chi connectivity index (χ4v) is 6.31. The molecule has 2 N–H and O–H groups in total. The van der Waals surface area contributed by atoms with Crippen LogP contribution in [-0.2, 0) is 0 Å². The molecular weight excluding hydrogens is 460 g/mol. The van der Waals surface area contributed by atoms with E-state index in [2.05, 4.69) is 34.7 Å². The van der Waals surface area contributed by atoms with Crippen LogP contribution >= 0.6 is 11.3 Å². The SMILES string of the molecule is Cc1cccc(-c2sc(C)nc2C(=O)N2[C@H](CNC(=O)c3cccc4c3NCCO4)C[C@@H]3C[C@@H]32)c1. The van der Waals surface area contributed by atoms with E-state index in [4.69, 9.17) is 4.74 Å². The first kappa shape index (κ1) is 22.1. The van der Waals surface area contributed by atoms with E-state index in [0.717, 1.165) is 39.5 Å². The van der Waals surface area contributed by atoms with Crippen molar-refractivity contribution >= 4 is 28.8 Å². The van der Waals surface area contributed by atoms with Crippen LogP contribution in [0, 0.1) is 19.8 Å². The summed E-state index contributed by atoms with van der Waals surface area (Å²) in [7, 11) is 0. The van der Waals surface area contributed by atoms with Crippen molar-refractivity contribution in [2.75, 3.05) is 25.0 Å². The first-order valence-corrected chi connectivity index (χ1v) is 13.0. The summed E-state index contributed by atoms with van der Waals surface area (Å²) in [5.74, 6) is 1.04. The number of benzene rings is 2. The van der Waals surface area contributed by atoms with E-state index >= 15 is 0 Å². The number of piperidine rings is 1. The normalized spacial score (nSPS) is 22.0. The Morgan fingerprint density at radius 1 is 1.20 bits per heavy atom. The van der Waals surface area contributed by atoms with Gasteiger partial charge in [-0.05, 0) is 50.3 Å². The van der Waals surface area contributed by atoms with Gasteiger partial charge in [0.1, 0.15) is 18.1 Å². The summed E-state index contributed by atoms with van der Waals surface area (Å²) < 4.78 is 5.67. The van der Waals surface area contributed by atoms with Crippen LogP contribution in [0.15, 0.2) is 42.5 Å². The average molecular weight is 489 g/mol. The average Bonchev–Trinajstić information content (AvgIpc) is 3.35. The molecular formula is C27H28N4O3S. The fourth-order valence-electron chi connectivity index (χ4n) is 5.40. The van der Waals surface area contributed by atoms with E-state index in [0.29, 0.717) is 42.6 Å². The molecule has 0 unspecified atom stereocenters. The van der Waals surface area contributed by atoms with Gasteiger partial charge in [0.05, 0.1) is 27.2 Å². The van der Waals surface area contributed by atoms with E-state index in [9.17, 15) is 9.59 Å². The molecule has 3 aromatic rings. The van der Waals surface area contributed by atoms with Crippen LogP contribution in [0.3, 0.4) is 0 Å². The van der Waals surface area contributed by atoms with Crippen molar-refractivity contribution in [3.63, 3.8) is 0 Å². The van der Waals surface area contributed by atoms with Crippen molar-refractivity contribution in [2.45, 2.75) is 38.8 Å². The Balaban J connectivity index is 1.22. The van der Waals surface area contributed by atoms with E-state index < -0.39 is 0 Å². The molecule has 7 nitrogen and oxygen atoms in total. The number of carbonyl (C=O) groups excluding carboxylic acids is 2. The van der Waals surface area contributed by atoms with Crippen molar-refractivity contribution in [1.82, 2.24) is 15.2 Å². The Morgan fingerprint density at radius 3 is 2.91 bits per heavy atom. The van der Waals surface area contributed by atoms with Gasteiger partial charge in [0.25, 0.3) is 11.8 Å². The lowest BCUT2D eigenvalue weighted by Gasteiger charge is -2.28. The van der Waals surface area contributed by atoms with Gasteiger partial charge in [0.2, 0.25) is 0 Å². The van der Waals surface area contributed by atoms with Gasteiger partial charge >= 0.3 is 0 Å². The number of para-hydroxylation sites is 1. The van der Waals surface area contributed by atoms with Crippen molar-refractivity contribution in [2.24, 2.45) is 5.92 Å². The first-order chi connectivity index (χ1) is 17.0. The molecule has 3 atom stereocenters. The number of amides is 2. The van der Waals surface area contributed by atoms with Gasteiger partial charge in [-0.1, -0.05) is 35.9 Å². The predicted octanol–water partition coefficient (Wildman–Crippen LogP) is 4.26. The van der Waals surface area contributed by atoms with Gasteiger partial charge in [0, 0.05) is 19.1 Å². The minimum absolute atomic E-state index is 0.0257. The van der Waals surface area contributed by atoms with E-state index in [-0.39, 0.29) is 23.9 Å². The third-order valence-corrected chi connectivity index (χ3v) is 8.11. The Kier molecular flexibility index (Phi) is 5.48. The second-order valence-electron chi connectivity index (χ2n) is 9.61. The number of nitrogens with one attached hydrogen (secondary N) is 2. The summed E-state index contributed by atoms with van der Waals surface area (Å²) in [6.45, 7) is 5.67. The molecule has 0 bridgehead atoms. The monoisotopic (exact) mass is 488 g/mol. The Morgan fingerprint density at radius 2 is 2.06 bits per heavy atom. The summed E-state index contributed by atoms with van der Waals surface area (Å²) in [5.41, 5.74) is 4.01. The number of ether oxygens (including phenoxy) is 1. The highest BCUT2D eigenvalue weighted by Gasteiger charge is 2.54. The van der Waals surface area contributed by atoms with E-state index in [1.165, 1.54) is 0 Å².